The lowest BCUT2D eigenvalue weighted by Crippen LogP contribution is -2.59. The standard InChI is InChI=1S/C19H25N3O3/c1-19(2)13(9-15-11-16(12-24-3)25-22-15)10-17(19)21-18(23)20-14-7-5-4-6-8-14/h4-8,11,13,17H,9-10,12H2,1-3H3,(H2,20,21,23)/t13-,17+/m1/s1. The number of rotatable bonds is 6. The molecule has 1 fully saturated rings. The van der Waals surface area contributed by atoms with E-state index in [4.69, 9.17) is 9.26 Å². The fraction of sp³-hybridized carbons (Fsp3) is 0.474. The van der Waals surface area contributed by atoms with Crippen LogP contribution in [0.2, 0.25) is 0 Å². The van der Waals surface area contributed by atoms with Crippen molar-refractivity contribution in [3.8, 4) is 0 Å². The van der Waals surface area contributed by atoms with Crippen molar-refractivity contribution in [3.05, 3.63) is 47.9 Å². The van der Waals surface area contributed by atoms with Gasteiger partial charge < -0.3 is 19.9 Å². The van der Waals surface area contributed by atoms with Gasteiger partial charge in [0.15, 0.2) is 5.76 Å². The first-order chi connectivity index (χ1) is 12.0. The van der Waals surface area contributed by atoms with Gasteiger partial charge in [0.25, 0.3) is 0 Å². The molecule has 6 heteroatoms. The highest BCUT2D eigenvalue weighted by atomic mass is 16.5. The van der Waals surface area contributed by atoms with Gasteiger partial charge in [-0.1, -0.05) is 37.2 Å². The second-order valence-corrected chi connectivity index (χ2v) is 7.19. The molecule has 2 N–H and O–H groups in total. The maximum Gasteiger partial charge on any atom is 0.319 e. The van der Waals surface area contributed by atoms with Gasteiger partial charge in [-0.15, -0.1) is 0 Å². The summed E-state index contributed by atoms with van der Waals surface area (Å²) in [6, 6.07) is 11.4. The van der Waals surface area contributed by atoms with E-state index in [1.165, 1.54) is 0 Å². The molecule has 0 saturated heterocycles. The van der Waals surface area contributed by atoms with E-state index in [0.717, 1.165) is 30.0 Å². The molecule has 2 atom stereocenters. The van der Waals surface area contributed by atoms with Crippen LogP contribution >= 0.6 is 0 Å². The SMILES string of the molecule is COCc1cc(C[C@@H]2C[C@H](NC(=O)Nc3ccccc3)C2(C)C)no1. The van der Waals surface area contributed by atoms with Crippen molar-refractivity contribution < 1.29 is 14.1 Å². The van der Waals surface area contributed by atoms with Gasteiger partial charge in [0.1, 0.15) is 6.61 Å². The Kier molecular flexibility index (Phi) is 5.08. The predicted molar refractivity (Wildman–Crippen MR) is 95.2 cm³/mol. The minimum atomic E-state index is -0.161. The Balaban J connectivity index is 1.51. The van der Waals surface area contributed by atoms with E-state index in [1.54, 1.807) is 7.11 Å². The smallest absolute Gasteiger partial charge is 0.319 e. The summed E-state index contributed by atoms with van der Waals surface area (Å²) in [6.45, 7) is 4.81. The molecule has 1 aromatic carbocycles. The first kappa shape index (κ1) is 17.5. The molecule has 6 nitrogen and oxygen atoms in total. The zero-order valence-electron chi connectivity index (χ0n) is 14.9. The van der Waals surface area contributed by atoms with Crippen LogP contribution in [0.3, 0.4) is 0 Å². The number of methoxy groups -OCH3 is 1. The van der Waals surface area contributed by atoms with Crippen molar-refractivity contribution in [2.24, 2.45) is 11.3 Å². The second-order valence-electron chi connectivity index (χ2n) is 7.19. The van der Waals surface area contributed by atoms with Gasteiger partial charge in [0.05, 0.1) is 5.69 Å². The molecule has 1 aromatic heterocycles. The molecular formula is C19H25N3O3. The average molecular weight is 343 g/mol. The van der Waals surface area contributed by atoms with E-state index in [2.05, 4.69) is 29.6 Å². The van der Waals surface area contributed by atoms with Crippen LogP contribution in [0, 0.1) is 11.3 Å². The van der Waals surface area contributed by atoms with Gasteiger partial charge in [-0.3, -0.25) is 0 Å². The number of urea groups is 1. The zero-order chi connectivity index (χ0) is 17.9. The Bertz CT molecular complexity index is 712. The number of hydrogen-bond donors (Lipinski definition) is 2. The highest BCUT2D eigenvalue weighted by molar-refractivity contribution is 5.89. The monoisotopic (exact) mass is 343 g/mol. The number of carbonyl (C=O) groups is 1. The Morgan fingerprint density at radius 2 is 2.12 bits per heavy atom. The summed E-state index contributed by atoms with van der Waals surface area (Å²) in [4.78, 5) is 12.2. The third kappa shape index (κ3) is 4.02. The van der Waals surface area contributed by atoms with Crippen molar-refractivity contribution in [1.82, 2.24) is 10.5 Å². The van der Waals surface area contributed by atoms with Crippen LogP contribution in [0.25, 0.3) is 0 Å². The number of nitrogens with zero attached hydrogens (tertiary/aromatic N) is 1. The summed E-state index contributed by atoms with van der Waals surface area (Å²) in [5.74, 6) is 1.20. The van der Waals surface area contributed by atoms with Gasteiger partial charge in [0, 0.05) is 24.9 Å². The van der Waals surface area contributed by atoms with E-state index < -0.39 is 0 Å². The number of benzene rings is 1. The Labute approximate surface area is 147 Å². The summed E-state index contributed by atoms with van der Waals surface area (Å²) in [5.41, 5.74) is 1.74. The molecule has 0 unspecified atom stereocenters. The lowest BCUT2D eigenvalue weighted by molar-refractivity contribution is 0.0211. The number of ether oxygens (including phenoxy) is 1. The van der Waals surface area contributed by atoms with Gasteiger partial charge >= 0.3 is 6.03 Å². The lowest BCUT2D eigenvalue weighted by atomic mass is 9.57. The van der Waals surface area contributed by atoms with E-state index in [0.29, 0.717) is 12.5 Å². The van der Waals surface area contributed by atoms with E-state index in [-0.39, 0.29) is 17.5 Å². The van der Waals surface area contributed by atoms with Gasteiger partial charge in [-0.25, -0.2) is 4.79 Å². The molecule has 3 rings (SSSR count). The minimum absolute atomic E-state index is 0.00833. The normalized spacial score (nSPS) is 21.4. The van der Waals surface area contributed by atoms with Crippen LogP contribution in [0.1, 0.15) is 31.7 Å². The van der Waals surface area contributed by atoms with Gasteiger partial charge in [-0.05, 0) is 36.3 Å². The third-order valence-electron chi connectivity index (χ3n) is 5.16. The number of nitrogens with one attached hydrogen (secondary N) is 2. The highest BCUT2D eigenvalue weighted by Crippen LogP contribution is 2.47. The van der Waals surface area contributed by atoms with Crippen molar-refractivity contribution in [1.29, 1.82) is 0 Å². The summed E-state index contributed by atoms with van der Waals surface area (Å²) in [6.07, 6.45) is 1.78. The van der Waals surface area contributed by atoms with E-state index >= 15 is 0 Å². The molecule has 1 saturated carbocycles. The van der Waals surface area contributed by atoms with Crippen molar-refractivity contribution in [2.75, 3.05) is 12.4 Å². The first-order valence-electron chi connectivity index (χ1n) is 8.55. The van der Waals surface area contributed by atoms with Crippen LogP contribution in [-0.4, -0.2) is 24.3 Å². The Hall–Kier alpha value is -2.34. The molecule has 134 valence electrons. The number of carbonyl (C=O) groups excluding carboxylic acids is 1. The molecular weight excluding hydrogens is 318 g/mol. The summed E-state index contributed by atoms with van der Waals surface area (Å²) in [5, 5.41) is 10.1. The first-order valence-corrected chi connectivity index (χ1v) is 8.55. The fourth-order valence-corrected chi connectivity index (χ4v) is 3.37. The van der Waals surface area contributed by atoms with Gasteiger partial charge in [0.2, 0.25) is 0 Å². The molecule has 0 spiro atoms. The molecule has 25 heavy (non-hydrogen) atoms. The maximum absolute atomic E-state index is 12.2. The third-order valence-corrected chi connectivity index (χ3v) is 5.16. The fourth-order valence-electron chi connectivity index (χ4n) is 3.37. The van der Waals surface area contributed by atoms with Crippen molar-refractivity contribution in [3.63, 3.8) is 0 Å². The van der Waals surface area contributed by atoms with E-state index in [1.807, 2.05) is 36.4 Å². The quantitative estimate of drug-likeness (QED) is 0.840. The summed E-state index contributed by atoms with van der Waals surface area (Å²) < 4.78 is 10.3. The topological polar surface area (TPSA) is 76.4 Å². The predicted octanol–water partition coefficient (Wildman–Crippen LogP) is 3.60. The largest absolute Gasteiger partial charge is 0.377 e. The Morgan fingerprint density at radius 1 is 1.36 bits per heavy atom. The molecule has 2 amide bonds. The molecule has 1 aliphatic carbocycles. The molecule has 0 radical (unpaired) electrons. The maximum atomic E-state index is 12.2. The molecule has 0 aliphatic heterocycles. The Morgan fingerprint density at radius 3 is 2.80 bits per heavy atom. The highest BCUT2D eigenvalue weighted by Gasteiger charge is 2.48. The molecule has 2 aromatic rings. The van der Waals surface area contributed by atoms with Crippen LogP contribution in [0.4, 0.5) is 10.5 Å². The number of anilines is 1. The second kappa shape index (κ2) is 7.27. The van der Waals surface area contributed by atoms with Gasteiger partial charge in [-0.2, -0.15) is 0 Å². The zero-order valence-corrected chi connectivity index (χ0v) is 14.9. The molecule has 0 bridgehead atoms. The van der Waals surface area contributed by atoms with Crippen LogP contribution < -0.4 is 10.6 Å². The number of hydrogen-bond acceptors (Lipinski definition) is 4. The van der Waals surface area contributed by atoms with Crippen LogP contribution in [0.5, 0.6) is 0 Å². The summed E-state index contributed by atoms with van der Waals surface area (Å²) in [7, 11) is 1.63. The van der Waals surface area contributed by atoms with Crippen LogP contribution in [-0.2, 0) is 17.8 Å². The number of para-hydroxylation sites is 1. The lowest BCUT2D eigenvalue weighted by Gasteiger charge is -2.52. The van der Waals surface area contributed by atoms with Crippen molar-refractivity contribution in [2.45, 2.75) is 39.3 Å². The van der Waals surface area contributed by atoms with Crippen molar-refractivity contribution >= 4 is 11.7 Å². The molecule has 1 heterocycles. The molecule has 1 aliphatic rings. The van der Waals surface area contributed by atoms with Crippen LogP contribution in [0.15, 0.2) is 40.9 Å². The minimum Gasteiger partial charge on any atom is -0.377 e. The van der Waals surface area contributed by atoms with E-state index in [9.17, 15) is 4.79 Å². The average Bonchev–Trinajstić information content (AvgIpc) is 3.02. The number of aromatic nitrogens is 1. The number of amides is 2. The summed E-state index contributed by atoms with van der Waals surface area (Å²) >= 11 is 0.